The number of piperazine rings is 1. The third-order valence-electron chi connectivity index (χ3n) is 3.07. The van der Waals surface area contributed by atoms with Crippen molar-refractivity contribution in [3.8, 4) is 0 Å². The molecule has 1 saturated heterocycles. The van der Waals surface area contributed by atoms with Crippen molar-refractivity contribution >= 4 is 5.91 Å². The molecule has 3 nitrogen and oxygen atoms in total. The van der Waals surface area contributed by atoms with Gasteiger partial charge in [-0.05, 0) is 27.7 Å². The Morgan fingerprint density at radius 2 is 1.94 bits per heavy atom. The van der Waals surface area contributed by atoms with Crippen molar-refractivity contribution < 1.29 is 9.18 Å². The number of carbonyl (C=O) groups excluding carboxylic acids is 1. The van der Waals surface area contributed by atoms with Gasteiger partial charge >= 0.3 is 0 Å². The van der Waals surface area contributed by atoms with Crippen LogP contribution in [0, 0.1) is 0 Å². The second kappa shape index (κ2) is 4.53. The van der Waals surface area contributed by atoms with Crippen LogP contribution in [-0.2, 0) is 4.79 Å². The van der Waals surface area contributed by atoms with E-state index >= 15 is 0 Å². The predicted octanol–water partition coefficient (Wildman–Crippen LogP) is 1.80. The molecule has 0 spiro atoms. The molecule has 1 atom stereocenters. The highest BCUT2D eigenvalue weighted by atomic mass is 19.1. The molecule has 1 rings (SSSR count). The Morgan fingerprint density at radius 3 is 2.31 bits per heavy atom. The van der Waals surface area contributed by atoms with Crippen molar-refractivity contribution in [3.05, 3.63) is 12.4 Å². The lowest BCUT2D eigenvalue weighted by Gasteiger charge is -2.45. The molecule has 0 aromatic heterocycles. The monoisotopic (exact) mass is 228 g/mol. The summed E-state index contributed by atoms with van der Waals surface area (Å²) in [4.78, 5) is 15.4. The zero-order valence-corrected chi connectivity index (χ0v) is 10.6. The highest BCUT2D eigenvalue weighted by molar-refractivity contribution is 5.90. The molecule has 4 heteroatoms. The third-order valence-corrected chi connectivity index (χ3v) is 3.07. The summed E-state index contributed by atoms with van der Waals surface area (Å²) in [5, 5.41) is 0. The summed E-state index contributed by atoms with van der Waals surface area (Å²) < 4.78 is 12.8. The number of hydrogen-bond donors (Lipinski definition) is 0. The number of halogens is 1. The lowest BCUT2D eigenvalue weighted by Crippen LogP contribution is -2.58. The summed E-state index contributed by atoms with van der Waals surface area (Å²) in [6, 6.07) is 0.0352. The van der Waals surface area contributed by atoms with Crippen LogP contribution in [0.25, 0.3) is 0 Å². The molecule has 1 amide bonds. The summed E-state index contributed by atoms with van der Waals surface area (Å²) in [6.07, 6.45) is 0. The van der Waals surface area contributed by atoms with E-state index in [1.807, 2.05) is 6.92 Å². The quantitative estimate of drug-likeness (QED) is 0.639. The number of carbonyl (C=O) groups is 1. The van der Waals surface area contributed by atoms with E-state index < -0.39 is 11.7 Å². The zero-order valence-electron chi connectivity index (χ0n) is 10.6. The average molecular weight is 228 g/mol. The number of rotatable bonds is 1. The van der Waals surface area contributed by atoms with Gasteiger partial charge in [0.15, 0.2) is 5.83 Å². The predicted molar refractivity (Wildman–Crippen MR) is 62.7 cm³/mol. The zero-order chi connectivity index (χ0) is 12.5. The first-order valence-electron chi connectivity index (χ1n) is 5.64. The molecule has 0 N–H and O–H groups in total. The van der Waals surface area contributed by atoms with Gasteiger partial charge in [0, 0.05) is 31.2 Å². The molecule has 0 bridgehead atoms. The van der Waals surface area contributed by atoms with Gasteiger partial charge < -0.3 is 4.90 Å². The average Bonchev–Trinajstić information content (AvgIpc) is 2.15. The van der Waals surface area contributed by atoms with Gasteiger partial charge in [0.05, 0.1) is 0 Å². The number of nitrogens with zero attached hydrogens (tertiary/aromatic N) is 2. The van der Waals surface area contributed by atoms with E-state index in [2.05, 4.69) is 32.3 Å². The standard InChI is InChI=1S/C12H21FN2O/c1-9-8-14(12(3,4)5)6-7-15(9)11(16)10(2)13/h9H,2,6-8H2,1,3-5H3/t9-/m0/s1. The smallest absolute Gasteiger partial charge is 0.282 e. The molecule has 16 heavy (non-hydrogen) atoms. The minimum Gasteiger partial charge on any atom is -0.331 e. The number of hydrogen-bond acceptors (Lipinski definition) is 2. The van der Waals surface area contributed by atoms with Gasteiger partial charge in [-0.15, -0.1) is 0 Å². The Labute approximate surface area is 96.9 Å². The third kappa shape index (κ3) is 2.82. The molecule has 1 aliphatic rings. The van der Waals surface area contributed by atoms with E-state index in [9.17, 15) is 9.18 Å². The van der Waals surface area contributed by atoms with Crippen LogP contribution < -0.4 is 0 Å². The number of amides is 1. The van der Waals surface area contributed by atoms with Crippen LogP contribution in [-0.4, -0.2) is 46.9 Å². The molecular weight excluding hydrogens is 207 g/mol. The Morgan fingerprint density at radius 1 is 1.38 bits per heavy atom. The fourth-order valence-electron chi connectivity index (χ4n) is 2.02. The van der Waals surface area contributed by atoms with Crippen molar-refractivity contribution in [2.45, 2.75) is 39.3 Å². The SMILES string of the molecule is C=C(F)C(=O)N1CCN(C(C)(C)C)C[C@@H]1C. The van der Waals surface area contributed by atoms with Crippen LogP contribution >= 0.6 is 0 Å². The van der Waals surface area contributed by atoms with E-state index in [-0.39, 0.29) is 11.6 Å². The second-order valence-electron chi connectivity index (χ2n) is 5.37. The molecule has 0 aromatic rings. The molecule has 0 aromatic carbocycles. The molecule has 0 radical (unpaired) electrons. The Bertz CT molecular complexity index is 296. The summed E-state index contributed by atoms with van der Waals surface area (Å²) in [7, 11) is 0. The summed E-state index contributed by atoms with van der Waals surface area (Å²) in [6.45, 7) is 13.6. The van der Waals surface area contributed by atoms with Crippen molar-refractivity contribution in [2.75, 3.05) is 19.6 Å². The maximum atomic E-state index is 12.8. The molecule has 1 heterocycles. The highest BCUT2D eigenvalue weighted by Gasteiger charge is 2.32. The normalized spacial score (nSPS) is 23.3. The maximum absolute atomic E-state index is 12.8. The molecule has 0 unspecified atom stereocenters. The molecular formula is C12H21FN2O. The fourth-order valence-corrected chi connectivity index (χ4v) is 2.02. The minimum absolute atomic E-state index is 0.0352. The minimum atomic E-state index is -0.865. The molecule has 1 aliphatic heterocycles. The maximum Gasteiger partial charge on any atom is 0.282 e. The summed E-state index contributed by atoms with van der Waals surface area (Å²) >= 11 is 0. The molecule has 0 aliphatic carbocycles. The molecule has 0 saturated carbocycles. The second-order valence-corrected chi connectivity index (χ2v) is 5.37. The van der Waals surface area contributed by atoms with Crippen LogP contribution in [0.5, 0.6) is 0 Å². The van der Waals surface area contributed by atoms with E-state index in [1.54, 1.807) is 4.90 Å². The van der Waals surface area contributed by atoms with Crippen LogP contribution in [0.2, 0.25) is 0 Å². The van der Waals surface area contributed by atoms with Crippen LogP contribution in [0.4, 0.5) is 4.39 Å². The van der Waals surface area contributed by atoms with Gasteiger partial charge in [0.2, 0.25) is 0 Å². The van der Waals surface area contributed by atoms with Gasteiger partial charge in [-0.2, -0.15) is 0 Å². The topological polar surface area (TPSA) is 23.6 Å². The van der Waals surface area contributed by atoms with Gasteiger partial charge in [-0.25, -0.2) is 4.39 Å². The van der Waals surface area contributed by atoms with E-state index in [0.717, 1.165) is 13.1 Å². The first kappa shape index (κ1) is 13.2. The first-order chi connectivity index (χ1) is 7.23. The Balaban J connectivity index is 2.66. The van der Waals surface area contributed by atoms with Crippen molar-refractivity contribution in [2.24, 2.45) is 0 Å². The summed E-state index contributed by atoms with van der Waals surface area (Å²) in [5.41, 5.74) is 0.0934. The molecule has 92 valence electrons. The Hall–Kier alpha value is -0.900. The van der Waals surface area contributed by atoms with E-state index in [4.69, 9.17) is 0 Å². The van der Waals surface area contributed by atoms with Crippen molar-refractivity contribution in [3.63, 3.8) is 0 Å². The van der Waals surface area contributed by atoms with Crippen LogP contribution in [0.15, 0.2) is 12.4 Å². The summed E-state index contributed by atoms with van der Waals surface area (Å²) in [5.74, 6) is -1.43. The van der Waals surface area contributed by atoms with Crippen LogP contribution in [0.3, 0.4) is 0 Å². The van der Waals surface area contributed by atoms with Gasteiger partial charge in [0.1, 0.15) is 0 Å². The van der Waals surface area contributed by atoms with Crippen LogP contribution in [0.1, 0.15) is 27.7 Å². The van der Waals surface area contributed by atoms with E-state index in [1.165, 1.54) is 0 Å². The molecule has 1 fully saturated rings. The lowest BCUT2D eigenvalue weighted by molar-refractivity contribution is -0.134. The van der Waals surface area contributed by atoms with Gasteiger partial charge in [0.25, 0.3) is 5.91 Å². The van der Waals surface area contributed by atoms with E-state index in [0.29, 0.717) is 6.54 Å². The largest absolute Gasteiger partial charge is 0.331 e. The van der Waals surface area contributed by atoms with Crippen molar-refractivity contribution in [1.82, 2.24) is 9.80 Å². The highest BCUT2D eigenvalue weighted by Crippen LogP contribution is 2.20. The Kier molecular flexibility index (Phi) is 3.73. The van der Waals surface area contributed by atoms with Gasteiger partial charge in [-0.1, -0.05) is 6.58 Å². The fraction of sp³-hybridized carbons (Fsp3) is 0.750. The lowest BCUT2D eigenvalue weighted by atomic mass is 10.0. The first-order valence-corrected chi connectivity index (χ1v) is 5.64. The van der Waals surface area contributed by atoms with Gasteiger partial charge in [-0.3, -0.25) is 9.69 Å². The van der Waals surface area contributed by atoms with Crippen molar-refractivity contribution in [1.29, 1.82) is 0 Å².